The first-order valence-corrected chi connectivity index (χ1v) is 9.18. The number of aliphatic carboxylic acids is 1. The first kappa shape index (κ1) is 19.4. The van der Waals surface area contributed by atoms with E-state index in [1.54, 1.807) is 13.8 Å². The molecule has 2 N–H and O–H groups in total. The maximum absolute atomic E-state index is 12.1. The van der Waals surface area contributed by atoms with Crippen molar-refractivity contribution in [1.82, 2.24) is 5.32 Å². The monoisotopic (exact) mass is 361 g/mol. The number of rotatable bonds is 8. The van der Waals surface area contributed by atoms with Crippen LogP contribution in [0.2, 0.25) is 5.02 Å². The van der Waals surface area contributed by atoms with Gasteiger partial charge < -0.3 is 10.4 Å². The molecule has 8 heteroatoms. The number of hydrogen-bond donors (Lipinski definition) is 2. The minimum absolute atomic E-state index is 0.00692. The topological polar surface area (TPSA) is 101 Å². The molecule has 1 aromatic rings. The number of nitrogens with one attached hydrogen (secondary N) is 1. The first-order valence-electron chi connectivity index (χ1n) is 7.15. The van der Waals surface area contributed by atoms with Crippen LogP contribution in [0.25, 0.3) is 0 Å². The van der Waals surface area contributed by atoms with E-state index in [0.29, 0.717) is 17.9 Å². The van der Waals surface area contributed by atoms with Crippen LogP contribution in [0.15, 0.2) is 29.2 Å². The van der Waals surface area contributed by atoms with E-state index in [9.17, 15) is 23.1 Å². The number of sulfone groups is 1. The number of benzene rings is 1. The number of carboxylic acids is 1. The Morgan fingerprint density at radius 1 is 1.17 bits per heavy atom. The summed E-state index contributed by atoms with van der Waals surface area (Å²) in [5.74, 6) is -2.48. The van der Waals surface area contributed by atoms with E-state index in [1.807, 2.05) is 0 Å². The fraction of sp³-hybridized carbons (Fsp3) is 0.467. The van der Waals surface area contributed by atoms with Gasteiger partial charge in [-0.05, 0) is 37.1 Å². The van der Waals surface area contributed by atoms with Crippen molar-refractivity contribution >= 4 is 33.3 Å². The lowest BCUT2D eigenvalue weighted by atomic mass is 9.82. The number of carbonyl (C=O) groups is 2. The fourth-order valence-electron chi connectivity index (χ4n) is 2.09. The standard InChI is InChI=1S/C15H20ClNO5S/c1-3-15(4-2,14(19)20)10-17-13(18)9-23(21,22)12-7-5-11(16)6-8-12/h5-8H,3-4,9-10H2,1-2H3,(H,17,18)(H,19,20). The molecular formula is C15H20ClNO5S. The number of carbonyl (C=O) groups excluding carboxylic acids is 1. The van der Waals surface area contributed by atoms with Gasteiger partial charge in [0, 0.05) is 11.6 Å². The zero-order valence-corrected chi connectivity index (χ0v) is 14.6. The molecule has 0 saturated heterocycles. The summed E-state index contributed by atoms with van der Waals surface area (Å²) in [6, 6.07) is 5.50. The lowest BCUT2D eigenvalue weighted by Gasteiger charge is -2.26. The largest absolute Gasteiger partial charge is 0.481 e. The second kappa shape index (κ2) is 7.79. The highest BCUT2D eigenvalue weighted by molar-refractivity contribution is 7.92. The van der Waals surface area contributed by atoms with Gasteiger partial charge in [0.05, 0.1) is 10.3 Å². The number of hydrogen-bond acceptors (Lipinski definition) is 4. The third-order valence-corrected chi connectivity index (χ3v) is 5.81. The normalized spacial score (nSPS) is 12.0. The summed E-state index contributed by atoms with van der Waals surface area (Å²) in [5, 5.41) is 12.1. The van der Waals surface area contributed by atoms with Crippen molar-refractivity contribution in [2.45, 2.75) is 31.6 Å². The average Bonchev–Trinajstić information content (AvgIpc) is 2.48. The van der Waals surface area contributed by atoms with Crippen molar-refractivity contribution in [2.75, 3.05) is 12.3 Å². The highest BCUT2D eigenvalue weighted by Crippen LogP contribution is 2.25. The van der Waals surface area contributed by atoms with Crippen LogP contribution < -0.4 is 5.32 Å². The Kier molecular flexibility index (Phi) is 6.58. The molecule has 6 nitrogen and oxygen atoms in total. The van der Waals surface area contributed by atoms with E-state index < -0.39 is 32.9 Å². The van der Waals surface area contributed by atoms with Crippen molar-refractivity contribution in [3.05, 3.63) is 29.3 Å². The van der Waals surface area contributed by atoms with E-state index in [-0.39, 0.29) is 11.4 Å². The molecular weight excluding hydrogens is 342 g/mol. The van der Waals surface area contributed by atoms with Gasteiger partial charge in [0.15, 0.2) is 9.84 Å². The molecule has 0 heterocycles. The third kappa shape index (κ3) is 4.94. The first-order chi connectivity index (χ1) is 10.7. The van der Waals surface area contributed by atoms with Gasteiger partial charge in [0.1, 0.15) is 5.75 Å². The van der Waals surface area contributed by atoms with Gasteiger partial charge in [-0.2, -0.15) is 0 Å². The minimum Gasteiger partial charge on any atom is -0.481 e. The maximum Gasteiger partial charge on any atom is 0.311 e. The van der Waals surface area contributed by atoms with Gasteiger partial charge in [0.25, 0.3) is 0 Å². The summed E-state index contributed by atoms with van der Waals surface area (Å²) in [6.45, 7) is 3.33. The van der Waals surface area contributed by atoms with Gasteiger partial charge in [-0.15, -0.1) is 0 Å². The van der Waals surface area contributed by atoms with Crippen molar-refractivity contribution in [2.24, 2.45) is 5.41 Å². The molecule has 128 valence electrons. The highest BCUT2D eigenvalue weighted by Gasteiger charge is 2.35. The molecule has 0 unspecified atom stereocenters. The van der Waals surface area contributed by atoms with Gasteiger partial charge in [0.2, 0.25) is 5.91 Å². The molecule has 0 aliphatic heterocycles. The molecule has 0 aromatic heterocycles. The van der Waals surface area contributed by atoms with Crippen LogP contribution in [0, 0.1) is 5.41 Å². The second-order valence-electron chi connectivity index (χ2n) is 5.28. The summed E-state index contributed by atoms with van der Waals surface area (Å²) < 4.78 is 24.3. The Morgan fingerprint density at radius 3 is 2.13 bits per heavy atom. The van der Waals surface area contributed by atoms with E-state index in [0.717, 1.165) is 0 Å². The quantitative estimate of drug-likeness (QED) is 0.738. The summed E-state index contributed by atoms with van der Waals surface area (Å²) in [5.41, 5.74) is -1.08. The Hall–Kier alpha value is -1.60. The molecule has 1 amide bonds. The van der Waals surface area contributed by atoms with Crippen LogP contribution in [0.3, 0.4) is 0 Å². The fourth-order valence-corrected chi connectivity index (χ4v) is 3.39. The van der Waals surface area contributed by atoms with Crippen LogP contribution in [0.1, 0.15) is 26.7 Å². The predicted octanol–water partition coefficient (Wildman–Crippen LogP) is 2.12. The van der Waals surface area contributed by atoms with Gasteiger partial charge in [-0.1, -0.05) is 25.4 Å². The number of amides is 1. The zero-order valence-electron chi connectivity index (χ0n) is 13.0. The van der Waals surface area contributed by atoms with Crippen LogP contribution in [-0.2, 0) is 19.4 Å². The summed E-state index contributed by atoms with van der Waals surface area (Å²) in [6.07, 6.45) is 0.673. The maximum atomic E-state index is 12.1. The Bertz CT molecular complexity index is 666. The Morgan fingerprint density at radius 2 is 1.70 bits per heavy atom. The molecule has 23 heavy (non-hydrogen) atoms. The second-order valence-corrected chi connectivity index (χ2v) is 7.71. The average molecular weight is 362 g/mol. The molecule has 1 rings (SSSR count). The highest BCUT2D eigenvalue weighted by atomic mass is 35.5. The summed E-state index contributed by atoms with van der Waals surface area (Å²) in [4.78, 5) is 23.2. The molecule has 0 spiro atoms. The van der Waals surface area contributed by atoms with E-state index in [1.165, 1.54) is 24.3 Å². The Balaban J connectivity index is 2.76. The number of halogens is 1. The molecule has 1 aromatic carbocycles. The molecule has 0 aliphatic rings. The van der Waals surface area contributed by atoms with Crippen molar-refractivity contribution < 1.29 is 23.1 Å². The summed E-state index contributed by atoms with van der Waals surface area (Å²) in [7, 11) is -3.80. The van der Waals surface area contributed by atoms with E-state index >= 15 is 0 Å². The lowest BCUT2D eigenvalue weighted by Crippen LogP contribution is -2.43. The predicted molar refractivity (Wildman–Crippen MR) is 87.2 cm³/mol. The molecule has 0 radical (unpaired) electrons. The molecule has 0 fully saturated rings. The van der Waals surface area contributed by atoms with Crippen LogP contribution >= 0.6 is 11.6 Å². The van der Waals surface area contributed by atoms with Gasteiger partial charge >= 0.3 is 5.97 Å². The molecule has 0 aliphatic carbocycles. The minimum atomic E-state index is -3.80. The third-order valence-electron chi connectivity index (χ3n) is 3.93. The van der Waals surface area contributed by atoms with Crippen LogP contribution in [0.4, 0.5) is 0 Å². The zero-order chi connectivity index (χ0) is 17.7. The van der Waals surface area contributed by atoms with E-state index in [4.69, 9.17) is 11.6 Å². The lowest BCUT2D eigenvalue weighted by molar-refractivity contribution is -0.149. The number of carboxylic acid groups (broad SMARTS) is 1. The molecule has 0 saturated carbocycles. The summed E-state index contributed by atoms with van der Waals surface area (Å²) >= 11 is 5.70. The smallest absolute Gasteiger partial charge is 0.311 e. The SMILES string of the molecule is CCC(CC)(CNC(=O)CS(=O)(=O)c1ccc(Cl)cc1)C(=O)O. The van der Waals surface area contributed by atoms with Crippen molar-refractivity contribution in [1.29, 1.82) is 0 Å². The Labute approximate surface area is 140 Å². The van der Waals surface area contributed by atoms with Crippen molar-refractivity contribution in [3.8, 4) is 0 Å². The van der Waals surface area contributed by atoms with Gasteiger partial charge in [-0.3, -0.25) is 9.59 Å². The van der Waals surface area contributed by atoms with Crippen LogP contribution in [0.5, 0.6) is 0 Å². The van der Waals surface area contributed by atoms with Gasteiger partial charge in [-0.25, -0.2) is 8.42 Å². The van der Waals surface area contributed by atoms with Crippen molar-refractivity contribution in [3.63, 3.8) is 0 Å². The van der Waals surface area contributed by atoms with Crippen LogP contribution in [-0.4, -0.2) is 37.7 Å². The molecule has 0 bridgehead atoms. The van der Waals surface area contributed by atoms with E-state index in [2.05, 4.69) is 5.32 Å². The molecule has 0 atom stereocenters.